The summed E-state index contributed by atoms with van der Waals surface area (Å²) in [6, 6.07) is 0. The van der Waals surface area contributed by atoms with Gasteiger partial charge in [-0.25, -0.2) is 4.79 Å². The zero-order chi connectivity index (χ0) is 7.82. The molecule has 1 N–H and O–H groups in total. The molecular weight excluding hydrogens is 130 g/mol. The Morgan fingerprint density at radius 1 is 1.70 bits per heavy atom. The van der Waals surface area contributed by atoms with Gasteiger partial charge in [0, 0.05) is 6.54 Å². The highest BCUT2D eigenvalue weighted by atomic mass is 16.5. The van der Waals surface area contributed by atoms with Crippen LogP contribution in [0.15, 0.2) is 0 Å². The fourth-order valence-electron chi connectivity index (χ4n) is 0.462. The lowest BCUT2D eigenvalue weighted by Gasteiger charge is -2.02. The summed E-state index contributed by atoms with van der Waals surface area (Å²) in [6.07, 6.45) is 1.59. The third-order valence-electron chi connectivity index (χ3n) is 1.00. The van der Waals surface area contributed by atoms with Gasteiger partial charge in [0.1, 0.15) is 0 Å². The zero-order valence-electron chi connectivity index (χ0n) is 6.35. The van der Waals surface area contributed by atoms with Crippen LogP contribution in [0.5, 0.6) is 0 Å². The molecule has 0 atom stereocenters. The van der Waals surface area contributed by atoms with Crippen LogP contribution in [-0.4, -0.2) is 19.2 Å². The Labute approximate surface area is 61.8 Å². The first kappa shape index (κ1) is 9.27. The summed E-state index contributed by atoms with van der Waals surface area (Å²) in [5.41, 5.74) is 0. The SMILES string of the molecule is [CH2]CNC(=O)OCCCC. The minimum atomic E-state index is -0.372. The van der Waals surface area contributed by atoms with Crippen LogP contribution in [0, 0.1) is 6.92 Å². The first-order chi connectivity index (χ1) is 4.81. The van der Waals surface area contributed by atoms with Gasteiger partial charge in [-0.1, -0.05) is 13.3 Å². The normalized spacial score (nSPS) is 9.00. The second-order valence-corrected chi connectivity index (χ2v) is 1.92. The number of unbranched alkanes of at least 4 members (excludes halogenated alkanes) is 1. The van der Waals surface area contributed by atoms with Crippen LogP contribution >= 0.6 is 0 Å². The van der Waals surface area contributed by atoms with Crippen LogP contribution < -0.4 is 5.32 Å². The third-order valence-corrected chi connectivity index (χ3v) is 1.00. The quantitative estimate of drug-likeness (QED) is 0.605. The summed E-state index contributed by atoms with van der Waals surface area (Å²) in [6.45, 7) is 6.37. The molecule has 1 amide bonds. The van der Waals surface area contributed by atoms with Crippen molar-refractivity contribution in [3.05, 3.63) is 6.92 Å². The standard InChI is InChI=1S/C7H14NO2/c1-3-5-6-10-7(9)8-4-2/h2-6H2,1H3,(H,8,9). The summed E-state index contributed by atoms with van der Waals surface area (Å²) in [7, 11) is 0. The van der Waals surface area contributed by atoms with E-state index < -0.39 is 0 Å². The fourth-order valence-corrected chi connectivity index (χ4v) is 0.462. The second-order valence-electron chi connectivity index (χ2n) is 1.92. The molecular formula is C7H14NO2. The molecule has 0 fully saturated rings. The average Bonchev–Trinajstić information content (AvgIpc) is 1.89. The summed E-state index contributed by atoms with van der Waals surface area (Å²) in [5, 5.41) is 2.43. The number of rotatable bonds is 4. The van der Waals surface area contributed by atoms with E-state index in [1.165, 1.54) is 0 Å². The number of ether oxygens (including phenoxy) is 1. The molecule has 0 rings (SSSR count). The van der Waals surface area contributed by atoms with Gasteiger partial charge in [0.25, 0.3) is 0 Å². The molecule has 0 aromatic heterocycles. The summed E-state index contributed by atoms with van der Waals surface area (Å²) >= 11 is 0. The van der Waals surface area contributed by atoms with Crippen molar-refractivity contribution >= 4 is 6.09 Å². The number of carbonyl (C=O) groups is 1. The summed E-state index contributed by atoms with van der Waals surface area (Å²) in [5.74, 6) is 0. The summed E-state index contributed by atoms with van der Waals surface area (Å²) < 4.78 is 4.73. The van der Waals surface area contributed by atoms with Crippen molar-refractivity contribution in [2.24, 2.45) is 0 Å². The zero-order valence-corrected chi connectivity index (χ0v) is 6.35. The van der Waals surface area contributed by atoms with Crippen LogP contribution in [0.25, 0.3) is 0 Å². The topological polar surface area (TPSA) is 38.3 Å². The van der Waals surface area contributed by atoms with Crippen molar-refractivity contribution in [3.63, 3.8) is 0 Å². The molecule has 0 aromatic rings. The predicted molar refractivity (Wildman–Crippen MR) is 39.6 cm³/mol. The molecule has 0 unspecified atom stereocenters. The van der Waals surface area contributed by atoms with Crippen molar-refractivity contribution in [1.29, 1.82) is 0 Å². The summed E-state index contributed by atoms with van der Waals surface area (Å²) in [4.78, 5) is 10.5. The highest BCUT2D eigenvalue weighted by molar-refractivity contribution is 5.67. The molecule has 0 aliphatic heterocycles. The smallest absolute Gasteiger partial charge is 0.407 e. The molecule has 1 radical (unpaired) electrons. The van der Waals surface area contributed by atoms with Crippen molar-refractivity contribution in [2.75, 3.05) is 13.2 Å². The first-order valence-corrected chi connectivity index (χ1v) is 3.51. The molecule has 0 aliphatic carbocycles. The Morgan fingerprint density at radius 2 is 2.40 bits per heavy atom. The van der Waals surface area contributed by atoms with Gasteiger partial charge in [0.05, 0.1) is 6.61 Å². The van der Waals surface area contributed by atoms with Gasteiger partial charge >= 0.3 is 6.09 Å². The Balaban J connectivity index is 3.05. The van der Waals surface area contributed by atoms with Crippen LogP contribution in [0.2, 0.25) is 0 Å². The Bertz CT molecular complexity index is 93.6. The van der Waals surface area contributed by atoms with E-state index in [0.29, 0.717) is 13.2 Å². The molecule has 0 bridgehead atoms. The number of nitrogens with one attached hydrogen (secondary N) is 1. The Morgan fingerprint density at radius 3 is 2.90 bits per heavy atom. The van der Waals surface area contributed by atoms with Crippen LogP contribution in [0.4, 0.5) is 4.79 Å². The van der Waals surface area contributed by atoms with E-state index in [1.807, 2.05) is 6.92 Å². The van der Waals surface area contributed by atoms with Crippen LogP contribution in [0.3, 0.4) is 0 Å². The van der Waals surface area contributed by atoms with Gasteiger partial charge in [0.2, 0.25) is 0 Å². The molecule has 3 heteroatoms. The van der Waals surface area contributed by atoms with Crippen molar-refractivity contribution in [3.8, 4) is 0 Å². The van der Waals surface area contributed by atoms with E-state index in [4.69, 9.17) is 4.74 Å². The van der Waals surface area contributed by atoms with Gasteiger partial charge in [-0.2, -0.15) is 0 Å². The molecule has 0 heterocycles. The average molecular weight is 144 g/mol. The molecule has 3 nitrogen and oxygen atoms in total. The fraction of sp³-hybridized carbons (Fsp3) is 0.714. The van der Waals surface area contributed by atoms with E-state index >= 15 is 0 Å². The molecule has 0 saturated carbocycles. The highest BCUT2D eigenvalue weighted by Crippen LogP contribution is 1.87. The van der Waals surface area contributed by atoms with Crippen molar-refractivity contribution in [2.45, 2.75) is 19.8 Å². The lowest BCUT2D eigenvalue weighted by atomic mass is 10.4. The van der Waals surface area contributed by atoms with Gasteiger partial charge < -0.3 is 10.1 Å². The van der Waals surface area contributed by atoms with E-state index in [9.17, 15) is 4.79 Å². The number of carbonyl (C=O) groups excluding carboxylic acids is 1. The second kappa shape index (κ2) is 6.39. The van der Waals surface area contributed by atoms with Crippen LogP contribution in [-0.2, 0) is 4.74 Å². The lowest BCUT2D eigenvalue weighted by molar-refractivity contribution is 0.145. The highest BCUT2D eigenvalue weighted by Gasteiger charge is 1.95. The molecule has 59 valence electrons. The van der Waals surface area contributed by atoms with E-state index in [-0.39, 0.29) is 6.09 Å². The van der Waals surface area contributed by atoms with Gasteiger partial charge in [-0.3, -0.25) is 0 Å². The van der Waals surface area contributed by atoms with Crippen LogP contribution in [0.1, 0.15) is 19.8 Å². The van der Waals surface area contributed by atoms with E-state index in [2.05, 4.69) is 12.2 Å². The monoisotopic (exact) mass is 144 g/mol. The third kappa shape index (κ3) is 5.41. The van der Waals surface area contributed by atoms with Gasteiger partial charge in [-0.05, 0) is 13.3 Å². The van der Waals surface area contributed by atoms with Gasteiger partial charge in [0.15, 0.2) is 0 Å². The Kier molecular flexibility index (Phi) is 5.92. The maximum Gasteiger partial charge on any atom is 0.407 e. The van der Waals surface area contributed by atoms with E-state index in [0.717, 1.165) is 12.8 Å². The molecule has 0 aromatic carbocycles. The van der Waals surface area contributed by atoms with E-state index in [1.54, 1.807) is 0 Å². The minimum absolute atomic E-state index is 0.372. The van der Waals surface area contributed by atoms with Crippen molar-refractivity contribution < 1.29 is 9.53 Å². The first-order valence-electron chi connectivity index (χ1n) is 3.51. The molecule has 0 spiro atoms. The largest absolute Gasteiger partial charge is 0.450 e. The lowest BCUT2D eigenvalue weighted by Crippen LogP contribution is -2.24. The maximum absolute atomic E-state index is 10.5. The number of alkyl carbamates (subject to hydrolysis) is 1. The molecule has 0 aliphatic rings. The van der Waals surface area contributed by atoms with Gasteiger partial charge in [-0.15, -0.1) is 0 Å². The van der Waals surface area contributed by atoms with Crippen molar-refractivity contribution in [1.82, 2.24) is 5.32 Å². The molecule has 10 heavy (non-hydrogen) atoms. The predicted octanol–water partition coefficient (Wildman–Crippen LogP) is 1.35. The minimum Gasteiger partial charge on any atom is -0.450 e. The maximum atomic E-state index is 10.5. The number of amides is 1. The Hall–Kier alpha value is -0.730. The number of hydrogen-bond donors (Lipinski definition) is 1. The number of hydrogen-bond acceptors (Lipinski definition) is 2. The molecule has 0 saturated heterocycles.